The maximum atomic E-state index is 4.26. The fourth-order valence-corrected chi connectivity index (χ4v) is 2.19. The van der Waals surface area contributed by atoms with Gasteiger partial charge in [-0.2, -0.15) is 0 Å². The highest BCUT2D eigenvalue weighted by molar-refractivity contribution is 5.80. The van der Waals surface area contributed by atoms with Gasteiger partial charge in [0.15, 0.2) is 5.96 Å². The molecule has 2 N–H and O–H groups in total. The van der Waals surface area contributed by atoms with Crippen molar-refractivity contribution in [3.63, 3.8) is 0 Å². The van der Waals surface area contributed by atoms with E-state index in [0.29, 0.717) is 0 Å². The van der Waals surface area contributed by atoms with Gasteiger partial charge in [-0.1, -0.05) is 38.1 Å². The third-order valence-corrected chi connectivity index (χ3v) is 3.50. The Morgan fingerprint density at radius 2 is 1.59 bits per heavy atom. The van der Waals surface area contributed by atoms with Gasteiger partial charge in [-0.25, -0.2) is 0 Å². The van der Waals surface area contributed by atoms with Crippen LogP contribution in [-0.2, 0) is 13.1 Å². The van der Waals surface area contributed by atoms with Crippen molar-refractivity contribution in [1.82, 2.24) is 15.5 Å². The number of hydrogen-bond acceptors (Lipinski definition) is 2. The second kappa shape index (κ2) is 8.79. The Kier molecular flexibility index (Phi) is 7.39. The summed E-state index contributed by atoms with van der Waals surface area (Å²) in [6.45, 7) is 14.8. The zero-order valence-corrected chi connectivity index (χ0v) is 15.0. The van der Waals surface area contributed by atoms with Crippen LogP contribution in [0.25, 0.3) is 0 Å². The first-order valence-corrected chi connectivity index (χ1v) is 8.17. The van der Waals surface area contributed by atoms with Crippen LogP contribution in [-0.4, -0.2) is 36.5 Å². The third-order valence-electron chi connectivity index (χ3n) is 3.50. The van der Waals surface area contributed by atoms with Crippen molar-refractivity contribution in [2.24, 2.45) is 4.99 Å². The van der Waals surface area contributed by atoms with E-state index in [0.717, 1.165) is 32.1 Å². The minimum atomic E-state index is 0.00939. The third kappa shape index (κ3) is 6.94. The number of guanidine groups is 1. The molecule has 0 saturated carbocycles. The largest absolute Gasteiger partial charge is 0.352 e. The van der Waals surface area contributed by atoms with Crippen molar-refractivity contribution in [2.45, 2.75) is 53.2 Å². The van der Waals surface area contributed by atoms with Gasteiger partial charge in [-0.3, -0.25) is 9.89 Å². The van der Waals surface area contributed by atoms with E-state index in [4.69, 9.17) is 0 Å². The van der Waals surface area contributed by atoms with Crippen molar-refractivity contribution >= 4 is 5.96 Å². The minimum Gasteiger partial charge on any atom is -0.352 e. The van der Waals surface area contributed by atoms with E-state index >= 15 is 0 Å². The first-order valence-electron chi connectivity index (χ1n) is 8.17. The lowest BCUT2D eigenvalue weighted by molar-refractivity contribution is 0.296. The highest BCUT2D eigenvalue weighted by Gasteiger charge is 2.11. The molecule has 4 heteroatoms. The number of aliphatic imine (C=N–C) groups is 1. The molecule has 124 valence electrons. The summed E-state index contributed by atoms with van der Waals surface area (Å²) in [5.41, 5.74) is 2.64. The molecule has 22 heavy (non-hydrogen) atoms. The number of benzene rings is 1. The minimum absolute atomic E-state index is 0.00939. The van der Waals surface area contributed by atoms with E-state index < -0.39 is 0 Å². The summed E-state index contributed by atoms with van der Waals surface area (Å²) < 4.78 is 0. The summed E-state index contributed by atoms with van der Waals surface area (Å²) in [6.07, 6.45) is 0. The van der Waals surface area contributed by atoms with Gasteiger partial charge in [0.25, 0.3) is 0 Å². The topological polar surface area (TPSA) is 39.7 Å². The quantitative estimate of drug-likeness (QED) is 0.627. The molecule has 0 aliphatic heterocycles. The molecule has 0 aliphatic carbocycles. The van der Waals surface area contributed by atoms with Gasteiger partial charge in [0.05, 0.1) is 0 Å². The van der Waals surface area contributed by atoms with Crippen LogP contribution in [0, 0.1) is 0 Å². The van der Waals surface area contributed by atoms with E-state index in [2.05, 4.69) is 79.4 Å². The summed E-state index contributed by atoms with van der Waals surface area (Å²) in [6, 6.07) is 8.82. The first kappa shape index (κ1) is 18.5. The fraction of sp³-hybridized carbons (Fsp3) is 0.611. The molecule has 0 fully saturated rings. The number of nitrogens with one attached hydrogen (secondary N) is 2. The first-order chi connectivity index (χ1) is 10.4. The predicted molar refractivity (Wildman–Crippen MR) is 96.2 cm³/mol. The lowest BCUT2D eigenvalue weighted by Gasteiger charge is -2.23. The van der Waals surface area contributed by atoms with Gasteiger partial charge in [0.1, 0.15) is 0 Å². The monoisotopic (exact) mass is 304 g/mol. The van der Waals surface area contributed by atoms with Crippen molar-refractivity contribution in [2.75, 3.05) is 20.1 Å². The molecule has 0 atom stereocenters. The van der Waals surface area contributed by atoms with E-state index in [1.165, 1.54) is 11.1 Å². The number of nitrogens with zero attached hydrogens (tertiary/aromatic N) is 2. The molecule has 1 aromatic carbocycles. The SMILES string of the molecule is CCN(CC)Cc1ccc(CNC(=NC)NC(C)(C)C)cc1. The van der Waals surface area contributed by atoms with Crippen molar-refractivity contribution < 1.29 is 0 Å². The van der Waals surface area contributed by atoms with Crippen LogP contribution in [0.3, 0.4) is 0 Å². The molecule has 0 saturated heterocycles. The van der Waals surface area contributed by atoms with Gasteiger partial charge < -0.3 is 10.6 Å². The Balaban J connectivity index is 2.54. The van der Waals surface area contributed by atoms with Crippen LogP contribution >= 0.6 is 0 Å². The van der Waals surface area contributed by atoms with E-state index in [9.17, 15) is 0 Å². The molecular weight excluding hydrogens is 272 g/mol. The lowest BCUT2D eigenvalue weighted by atomic mass is 10.1. The fourth-order valence-electron chi connectivity index (χ4n) is 2.19. The Bertz CT molecular complexity index is 453. The molecule has 0 aliphatic rings. The maximum Gasteiger partial charge on any atom is 0.191 e. The average Bonchev–Trinajstić information content (AvgIpc) is 2.49. The zero-order valence-electron chi connectivity index (χ0n) is 15.0. The lowest BCUT2D eigenvalue weighted by Crippen LogP contribution is -2.47. The molecule has 0 bridgehead atoms. The van der Waals surface area contributed by atoms with Crippen LogP contribution in [0.15, 0.2) is 29.3 Å². The van der Waals surface area contributed by atoms with Crippen LogP contribution in [0.1, 0.15) is 45.7 Å². The summed E-state index contributed by atoms with van der Waals surface area (Å²) >= 11 is 0. The normalized spacial score (nSPS) is 12.6. The summed E-state index contributed by atoms with van der Waals surface area (Å²) in [7, 11) is 1.80. The summed E-state index contributed by atoms with van der Waals surface area (Å²) in [4.78, 5) is 6.67. The molecule has 0 heterocycles. The van der Waals surface area contributed by atoms with Crippen molar-refractivity contribution in [3.8, 4) is 0 Å². The molecule has 0 amide bonds. The van der Waals surface area contributed by atoms with Crippen LogP contribution in [0.2, 0.25) is 0 Å². The van der Waals surface area contributed by atoms with Gasteiger partial charge >= 0.3 is 0 Å². The van der Waals surface area contributed by atoms with Crippen LogP contribution < -0.4 is 10.6 Å². The standard InChI is InChI=1S/C18H32N4/c1-7-22(8-2)14-16-11-9-15(10-12-16)13-20-17(19-6)21-18(3,4)5/h9-12H,7-8,13-14H2,1-6H3,(H2,19,20,21). The molecule has 0 aromatic heterocycles. The van der Waals surface area contributed by atoms with E-state index in [1.807, 2.05) is 0 Å². The van der Waals surface area contributed by atoms with Gasteiger partial charge in [-0.05, 0) is 45.0 Å². The molecule has 0 spiro atoms. The predicted octanol–water partition coefficient (Wildman–Crippen LogP) is 2.99. The number of rotatable bonds is 6. The van der Waals surface area contributed by atoms with Gasteiger partial charge in [0.2, 0.25) is 0 Å². The summed E-state index contributed by atoms with van der Waals surface area (Å²) in [5, 5.41) is 6.71. The second-order valence-corrected chi connectivity index (χ2v) is 6.58. The smallest absolute Gasteiger partial charge is 0.191 e. The van der Waals surface area contributed by atoms with Gasteiger partial charge in [0, 0.05) is 25.7 Å². The second-order valence-electron chi connectivity index (χ2n) is 6.58. The molecular formula is C18H32N4. The van der Waals surface area contributed by atoms with Gasteiger partial charge in [-0.15, -0.1) is 0 Å². The molecule has 1 aromatic rings. The Morgan fingerprint density at radius 1 is 1.05 bits per heavy atom. The number of hydrogen-bond donors (Lipinski definition) is 2. The van der Waals surface area contributed by atoms with Crippen molar-refractivity contribution in [3.05, 3.63) is 35.4 Å². The molecule has 4 nitrogen and oxygen atoms in total. The molecule has 0 radical (unpaired) electrons. The Hall–Kier alpha value is -1.55. The van der Waals surface area contributed by atoms with Crippen LogP contribution in [0.5, 0.6) is 0 Å². The highest BCUT2D eigenvalue weighted by Crippen LogP contribution is 2.07. The van der Waals surface area contributed by atoms with E-state index in [-0.39, 0.29) is 5.54 Å². The molecule has 1 rings (SSSR count). The average molecular weight is 304 g/mol. The Morgan fingerprint density at radius 3 is 2.05 bits per heavy atom. The van der Waals surface area contributed by atoms with Crippen molar-refractivity contribution in [1.29, 1.82) is 0 Å². The summed E-state index contributed by atoms with van der Waals surface area (Å²) in [5.74, 6) is 0.833. The van der Waals surface area contributed by atoms with E-state index in [1.54, 1.807) is 7.05 Å². The highest BCUT2D eigenvalue weighted by atomic mass is 15.2. The molecule has 0 unspecified atom stereocenters. The van der Waals surface area contributed by atoms with Crippen LogP contribution in [0.4, 0.5) is 0 Å². The Labute approximate surface area is 136 Å². The zero-order chi connectivity index (χ0) is 16.6. The maximum absolute atomic E-state index is 4.26.